The molecule has 4 aromatic carbocycles. The minimum Gasteiger partial charge on any atom is -0.504 e. The van der Waals surface area contributed by atoms with Crippen LogP contribution in [-0.4, -0.2) is 20.3 Å². The molecule has 0 aliphatic carbocycles. The fraction of sp³-hybridized carbons (Fsp3) is 0.0357. The van der Waals surface area contributed by atoms with E-state index in [2.05, 4.69) is 15.2 Å². The summed E-state index contributed by atoms with van der Waals surface area (Å²) in [4.78, 5) is 16.9. The number of nitrogens with one attached hydrogen (secondary N) is 1. The summed E-state index contributed by atoms with van der Waals surface area (Å²) in [6.07, 6.45) is 0. The highest BCUT2D eigenvalue weighted by molar-refractivity contribution is 6.18. The van der Waals surface area contributed by atoms with Crippen molar-refractivity contribution in [2.24, 2.45) is 10.2 Å². The average Bonchev–Trinajstić information content (AvgIpc) is 3.15. The lowest BCUT2D eigenvalue weighted by Crippen LogP contribution is -2.02. The molecule has 6 aromatic rings. The van der Waals surface area contributed by atoms with Crippen molar-refractivity contribution in [3.8, 4) is 5.75 Å². The van der Waals surface area contributed by atoms with E-state index in [-0.39, 0.29) is 22.9 Å². The van der Waals surface area contributed by atoms with Crippen LogP contribution in [-0.2, 0) is 0 Å². The van der Waals surface area contributed by atoms with Gasteiger partial charge in [-0.2, -0.15) is 0 Å². The topological polar surface area (TPSA) is 82.2 Å². The molecular formula is C28H20N4O2. The van der Waals surface area contributed by atoms with Crippen LogP contribution >= 0.6 is 0 Å². The summed E-state index contributed by atoms with van der Waals surface area (Å²) in [6.45, 7) is 2.00. The van der Waals surface area contributed by atoms with Crippen LogP contribution in [0.1, 0.15) is 21.5 Å². The molecule has 2 heterocycles. The number of nitrogens with zero attached hydrogens (tertiary/aromatic N) is 3. The van der Waals surface area contributed by atoms with Crippen molar-refractivity contribution in [3.63, 3.8) is 0 Å². The molecule has 0 bridgehead atoms. The van der Waals surface area contributed by atoms with Crippen molar-refractivity contribution in [1.29, 1.82) is 0 Å². The number of hydrogen-bond donors (Lipinski definition) is 2. The van der Waals surface area contributed by atoms with Crippen LogP contribution in [0.4, 0.5) is 11.5 Å². The quantitative estimate of drug-likeness (QED) is 0.222. The van der Waals surface area contributed by atoms with Gasteiger partial charge in [-0.1, -0.05) is 72.3 Å². The number of hydrogen-bond acceptors (Lipinski definition) is 4. The van der Waals surface area contributed by atoms with Crippen LogP contribution < -0.4 is 0 Å². The van der Waals surface area contributed by atoms with E-state index >= 15 is 0 Å². The zero-order chi connectivity index (χ0) is 23.2. The number of azo groups is 1. The van der Waals surface area contributed by atoms with Gasteiger partial charge in [0.1, 0.15) is 11.2 Å². The van der Waals surface area contributed by atoms with E-state index in [1.165, 1.54) is 0 Å². The monoisotopic (exact) mass is 444 g/mol. The zero-order valence-corrected chi connectivity index (χ0v) is 18.4. The average molecular weight is 444 g/mol. The number of aromatic nitrogens is 2. The predicted molar refractivity (Wildman–Crippen MR) is 134 cm³/mol. The van der Waals surface area contributed by atoms with Crippen LogP contribution in [0, 0.1) is 6.92 Å². The summed E-state index contributed by atoms with van der Waals surface area (Å²) in [6, 6.07) is 28.4. The summed E-state index contributed by atoms with van der Waals surface area (Å²) in [7, 11) is 0. The molecule has 164 valence electrons. The van der Waals surface area contributed by atoms with Gasteiger partial charge < -0.3 is 10.1 Å². The summed E-state index contributed by atoms with van der Waals surface area (Å²) in [5, 5.41) is 22.1. The molecule has 2 N–H and O–H groups in total. The van der Waals surface area contributed by atoms with Crippen molar-refractivity contribution in [2.45, 2.75) is 6.92 Å². The molecular weight excluding hydrogens is 424 g/mol. The van der Waals surface area contributed by atoms with Crippen LogP contribution in [0.3, 0.4) is 0 Å². The van der Waals surface area contributed by atoms with Crippen LogP contribution in [0.25, 0.3) is 27.5 Å². The number of ketones is 1. The molecule has 0 fully saturated rings. The maximum absolute atomic E-state index is 13.5. The van der Waals surface area contributed by atoms with Gasteiger partial charge in [0.15, 0.2) is 5.75 Å². The van der Waals surface area contributed by atoms with Gasteiger partial charge in [-0.15, -0.1) is 10.2 Å². The standard InChI is InChI=1S/C28H20N4O2/c1-17-13-15-20(16-14-17)30-31-28-26(34)24(25(33)19-7-3-2-4-8-19)27-29-21-11-5-9-18-10-6-12-22(23(18)21)32(27)28/h2-16,29,34H,1H3. The molecule has 0 unspecified atom stereocenters. The Labute approximate surface area is 194 Å². The summed E-state index contributed by atoms with van der Waals surface area (Å²) in [5.41, 5.74) is 4.56. The highest BCUT2D eigenvalue weighted by Crippen LogP contribution is 2.41. The smallest absolute Gasteiger partial charge is 0.204 e. The van der Waals surface area contributed by atoms with Gasteiger partial charge in [0, 0.05) is 16.5 Å². The van der Waals surface area contributed by atoms with Crippen LogP contribution in [0.2, 0.25) is 0 Å². The van der Waals surface area contributed by atoms with Crippen LogP contribution in [0.15, 0.2) is 101 Å². The number of H-pyrrole nitrogens is 1. The normalized spacial score (nSPS) is 11.8. The van der Waals surface area contributed by atoms with E-state index in [1.807, 2.05) is 73.7 Å². The Morgan fingerprint density at radius 1 is 0.853 bits per heavy atom. The maximum Gasteiger partial charge on any atom is 0.204 e. The highest BCUT2D eigenvalue weighted by Gasteiger charge is 2.27. The highest BCUT2D eigenvalue weighted by atomic mass is 16.3. The van der Waals surface area contributed by atoms with Crippen molar-refractivity contribution in [2.75, 3.05) is 0 Å². The molecule has 0 saturated carbocycles. The van der Waals surface area contributed by atoms with Gasteiger partial charge in [-0.25, -0.2) is 0 Å². The molecule has 6 nitrogen and oxygen atoms in total. The van der Waals surface area contributed by atoms with E-state index in [0.717, 1.165) is 27.4 Å². The third-order valence-corrected chi connectivity index (χ3v) is 6.05. The molecule has 6 rings (SSSR count). The Hall–Kier alpha value is -4.71. The first-order valence-electron chi connectivity index (χ1n) is 11.0. The predicted octanol–water partition coefficient (Wildman–Crippen LogP) is 7.23. The Morgan fingerprint density at radius 3 is 2.35 bits per heavy atom. The molecule has 0 radical (unpaired) electrons. The summed E-state index contributed by atoms with van der Waals surface area (Å²) >= 11 is 0. The molecule has 0 spiro atoms. The molecule has 6 heteroatoms. The van der Waals surface area contributed by atoms with E-state index in [4.69, 9.17) is 0 Å². The first-order chi connectivity index (χ1) is 16.6. The molecule has 0 saturated heterocycles. The lowest BCUT2D eigenvalue weighted by atomic mass is 10.0. The van der Waals surface area contributed by atoms with E-state index in [0.29, 0.717) is 16.9 Å². The second-order valence-corrected chi connectivity index (χ2v) is 8.27. The second-order valence-electron chi connectivity index (χ2n) is 8.27. The Morgan fingerprint density at radius 2 is 1.59 bits per heavy atom. The lowest BCUT2D eigenvalue weighted by molar-refractivity contribution is 0.103. The molecule has 0 aliphatic heterocycles. The van der Waals surface area contributed by atoms with Gasteiger partial charge >= 0.3 is 0 Å². The lowest BCUT2D eigenvalue weighted by Gasteiger charge is -2.10. The zero-order valence-electron chi connectivity index (χ0n) is 18.4. The first-order valence-corrected chi connectivity index (χ1v) is 11.0. The SMILES string of the molecule is Cc1ccc(N=Nc2c(O)c(C(=O)c3ccccc3)c3[nH]c4cccc5cccc(c54)n23)cc1. The van der Waals surface area contributed by atoms with Gasteiger partial charge in [0.25, 0.3) is 0 Å². The van der Waals surface area contributed by atoms with Crippen molar-refractivity contribution in [1.82, 2.24) is 9.38 Å². The minimum atomic E-state index is -0.294. The Kier molecular flexibility index (Phi) is 4.52. The molecule has 0 aliphatic rings. The Balaban J connectivity index is 1.69. The van der Waals surface area contributed by atoms with Crippen molar-refractivity contribution in [3.05, 3.63) is 108 Å². The number of benzene rings is 4. The fourth-order valence-corrected chi connectivity index (χ4v) is 4.40. The van der Waals surface area contributed by atoms with Crippen LogP contribution in [0.5, 0.6) is 5.75 Å². The van der Waals surface area contributed by atoms with Gasteiger partial charge in [0.2, 0.25) is 11.6 Å². The summed E-state index contributed by atoms with van der Waals surface area (Å²) in [5.74, 6) is -0.306. The Bertz CT molecular complexity index is 1720. The fourth-order valence-electron chi connectivity index (χ4n) is 4.40. The van der Waals surface area contributed by atoms with Gasteiger partial charge in [-0.05, 0) is 36.6 Å². The minimum absolute atomic E-state index is 0.163. The number of aromatic hydroxyl groups is 1. The van der Waals surface area contributed by atoms with Gasteiger partial charge in [0.05, 0.1) is 11.2 Å². The number of aromatic amines is 1. The number of fused-ring (bicyclic) bond motifs is 2. The number of carbonyl (C=O) groups is 1. The molecule has 2 aromatic heterocycles. The van der Waals surface area contributed by atoms with E-state index < -0.39 is 0 Å². The summed E-state index contributed by atoms with van der Waals surface area (Å²) < 4.78 is 1.78. The number of carbonyl (C=O) groups excluding carboxylic acids is 1. The van der Waals surface area contributed by atoms with Crippen molar-refractivity contribution >= 4 is 44.7 Å². The van der Waals surface area contributed by atoms with E-state index in [1.54, 1.807) is 28.7 Å². The second kappa shape index (κ2) is 7.71. The van der Waals surface area contributed by atoms with Gasteiger partial charge in [-0.3, -0.25) is 9.20 Å². The third-order valence-electron chi connectivity index (χ3n) is 6.05. The number of rotatable bonds is 4. The van der Waals surface area contributed by atoms with Crippen molar-refractivity contribution < 1.29 is 9.90 Å². The van der Waals surface area contributed by atoms with E-state index in [9.17, 15) is 9.90 Å². The maximum atomic E-state index is 13.5. The largest absolute Gasteiger partial charge is 0.504 e. The molecule has 34 heavy (non-hydrogen) atoms. The number of aryl methyl sites for hydroxylation is 1. The molecule has 0 amide bonds. The molecule has 0 atom stereocenters. The first kappa shape index (κ1) is 19.9. The third kappa shape index (κ3) is 3.08.